The molecule has 1 N–H and O–H groups in total. The molecule has 1 heterocycles. The summed E-state index contributed by atoms with van der Waals surface area (Å²) in [5, 5.41) is 3.11. The topological polar surface area (TPSA) is 49.4 Å². The number of hydrogen-bond donors (Lipinski definition) is 1. The van der Waals surface area contributed by atoms with Crippen molar-refractivity contribution in [3.63, 3.8) is 0 Å². The first kappa shape index (κ1) is 16.0. The first-order valence-corrected chi connectivity index (χ1v) is 8.44. The number of hydrogen-bond acceptors (Lipinski definition) is 2. The maximum atomic E-state index is 12.9. The Morgan fingerprint density at radius 2 is 1.87 bits per heavy atom. The van der Waals surface area contributed by atoms with Gasteiger partial charge in [-0.2, -0.15) is 0 Å². The lowest BCUT2D eigenvalue weighted by atomic mass is 9.95. The first-order valence-electron chi connectivity index (χ1n) is 8.44. The molecule has 0 spiro atoms. The summed E-state index contributed by atoms with van der Waals surface area (Å²) < 4.78 is 12.9. The highest BCUT2D eigenvalue weighted by Gasteiger charge is 2.35. The third-order valence-electron chi connectivity index (χ3n) is 4.82. The molecule has 1 aromatic rings. The predicted molar refractivity (Wildman–Crippen MR) is 84.9 cm³/mol. The van der Waals surface area contributed by atoms with Crippen molar-refractivity contribution in [3.8, 4) is 0 Å². The Morgan fingerprint density at radius 3 is 2.57 bits per heavy atom. The highest BCUT2D eigenvalue weighted by atomic mass is 19.1. The Balaban J connectivity index is 1.54. The summed E-state index contributed by atoms with van der Waals surface area (Å²) in [4.78, 5) is 26.2. The van der Waals surface area contributed by atoms with Crippen LogP contribution in [-0.4, -0.2) is 29.3 Å². The third kappa shape index (κ3) is 4.09. The van der Waals surface area contributed by atoms with E-state index in [0.717, 1.165) is 18.4 Å². The number of halogens is 1. The van der Waals surface area contributed by atoms with Crippen molar-refractivity contribution in [1.82, 2.24) is 10.2 Å². The summed E-state index contributed by atoms with van der Waals surface area (Å²) >= 11 is 0. The second-order valence-corrected chi connectivity index (χ2v) is 6.65. The van der Waals surface area contributed by atoms with Crippen LogP contribution in [0.25, 0.3) is 0 Å². The van der Waals surface area contributed by atoms with E-state index in [1.165, 1.54) is 31.4 Å². The van der Waals surface area contributed by atoms with E-state index in [0.29, 0.717) is 13.1 Å². The molecular weight excluding hydrogens is 295 g/mol. The molecule has 2 amide bonds. The molecule has 0 aromatic heterocycles. The molecule has 1 aliphatic carbocycles. The minimum absolute atomic E-state index is 0.00174. The van der Waals surface area contributed by atoms with Crippen LogP contribution in [0.4, 0.5) is 4.39 Å². The first-order chi connectivity index (χ1) is 11.1. The van der Waals surface area contributed by atoms with Gasteiger partial charge in [0.1, 0.15) is 5.82 Å². The number of nitrogens with zero attached hydrogens (tertiary/aromatic N) is 1. The van der Waals surface area contributed by atoms with Crippen molar-refractivity contribution in [3.05, 3.63) is 35.6 Å². The summed E-state index contributed by atoms with van der Waals surface area (Å²) in [6.45, 7) is 0.890. The molecule has 1 atom stereocenters. The Bertz CT molecular complexity index is 567. The normalized spacial score (nSPS) is 22.4. The Kier molecular flexibility index (Phi) is 4.94. The van der Waals surface area contributed by atoms with Crippen molar-refractivity contribution < 1.29 is 14.0 Å². The van der Waals surface area contributed by atoms with Gasteiger partial charge in [-0.25, -0.2) is 4.39 Å². The number of nitrogens with one attached hydrogen (secondary N) is 1. The number of amides is 2. The van der Waals surface area contributed by atoms with Crippen LogP contribution in [0.2, 0.25) is 0 Å². The Morgan fingerprint density at radius 1 is 1.17 bits per heavy atom. The molecule has 1 aromatic carbocycles. The van der Waals surface area contributed by atoms with E-state index in [1.807, 2.05) is 0 Å². The van der Waals surface area contributed by atoms with Crippen molar-refractivity contribution in [1.29, 1.82) is 0 Å². The van der Waals surface area contributed by atoms with E-state index < -0.39 is 0 Å². The lowest BCUT2D eigenvalue weighted by Crippen LogP contribution is -2.40. The Hall–Kier alpha value is -1.91. The fourth-order valence-electron chi connectivity index (χ4n) is 3.48. The molecule has 23 heavy (non-hydrogen) atoms. The zero-order chi connectivity index (χ0) is 16.2. The highest BCUT2D eigenvalue weighted by Crippen LogP contribution is 2.22. The van der Waals surface area contributed by atoms with Gasteiger partial charge in [-0.05, 0) is 30.5 Å². The third-order valence-corrected chi connectivity index (χ3v) is 4.82. The Labute approximate surface area is 136 Å². The molecule has 0 radical (unpaired) electrons. The number of benzene rings is 1. The van der Waals surface area contributed by atoms with Crippen LogP contribution in [0.5, 0.6) is 0 Å². The molecule has 2 aliphatic rings. The molecule has 0 bridgehead atoms. The van der Waals surface area contributed by atoms with Crippen molar-refractivity contribution in [2.45, 2.75) is 51.1 Å². The molecule has 124 valence electrons. The number of likely N-dealkylation sites (tertiary alicyclic amines) is 1. The van der Waals surface area contributed by atoms with Gasteiger partial charge >= 0.3 is 0 Å². The monoisotopic (exact) mass is 318 g/mol. The van der Waals surface area contributed by atoms with E-state index >= 15 is 0 Å². The summed E-state index contributed by atoms with van der Waals surface area (Å²) in [6, 6.07) is 6.42. The van der Waals surface area contributed by atoms with Gasteiger partial charge in [-0.15, -0.1) is 0 Å². The quantitative estimate of drug-likeness (QED) is 0.928. The van der Waals surface area contributed by atoms with Crippen LogP contribution in [0.15, 0.2) is 24.3 Å². The van der Waals surface area contributed by atoms with E-state index in [1.54, 1.807) is 17.0 Å². The van der Waals surface area contributed by atoms with Gasteiger partial charge in [0, 0.05) is 25.6 Å². The van der Waals surface area contributed by atoms with Crippen molar-refractivity contribution >= 4 is 11.8 Å². The van der Waals surface area contributed by atoms with Crippen LogP contribution in [0.1, 0.15) is 44.1 Å². The second-order valence-electron chi connectivity index (χ2n) is 6.65. The fraction of sp³-hybridized carbons (Fsp3) is 0.556. The molecule has 2 fully saturated rings. The molecule has 1 unspecified atom stereocenters. The van der Waals surface area contributed by atoms with Crippen LogP contribution < -0.4 is 5.32 Å². The molecular formula is C18H23FN2O2. The van der Waals surface area contributed by atoms with E-state index in [9.17, 15) is 14.0 Å². The SMILES string of the molecule is O=C(NC1CCCCC1)C1CC(=O)N(Cc2ccc(F)cc2)C1. The molecule has 3 rings (SSSR count). The minimum Gasteiger partial charge on any atom is -0.353 e. The van der Waals surface area contributed by atoms with Gasteiger partial charge in [-0.1, -0.05) is 31.4 Å². The second kappa shape index (κ2) is 7.11. The molecule has 4 nitrogen and oxygen atoms in total. The van der Waals surface area contributed by atoms with Crippen LogP contribution in [-0.2, 0) is 16.1 Å². The van der Waals surface area contributed by atoms with Gasteiger partial charge in [0.05, 0.1) is 5.92 Å². The van der Waals surface area contributed by atoms with Crippen molar-refractivity contribution in [2.24, 2.45) is 5.92 Å². The molecule has 1 saturated carbocycles. The lowest BCUT2D eigenvalue weighted by molar-refractivity contribution is -0.129. The predicted octanol–water partition coefficient (Wildman–Crippen LogP) is 2.62. The van der Waals surface area contributed by atoms with Gasteiger partial charge in [0.25, 0.3) is 0 Å². The average molecular weight is 318 g/mol. The zero-order valence-corrected chi connectivity index (χ0v) is 13.3. The average Bonchev–Trinajstić information content (AvgIpc) is 2.92. The zero-order valence-electron chi connectivity index (χ0n) is 13.3. The molecule has 5 heteroatoms. The standard InChI is InChI=1S/C18H23FN2O2/c19-15-8-6-13(7-9-15)11-21-12-14(10-17(21)22)18(23)20-16-4-2-1-3-5-16/h6-9,14,16H,1-5,10-12H2,(H,20,23). The van der Waals surface area contributed by atoms with Crippen LogP contribution >= 0.6 is 0 Å². The largest absolute Gasteiger partial charge is 0.353 e. The fourth-order valence-corrected chi connectivity index (χ4v) is 3.48. The number of carbonyl (C=O) groups is 2. The van der Waals surface area contributed by atoms with Gasteiger partial charge in [0.2, 0.25) is 11.8 Å². The summed E-state index contributed by atoms with van der Waals surface area (Å²) in [5.74, 6) is -0.541. The summed E-state index contributed by atoms with van der Waals surface area (Å²) in [6.07, 6.45) is 5.97. The minimum atomic E-state index is -0.286. The van der Waals surface area contributed by atoms with E-state index in [4.69, 9.17) is 0 Å². The van der Waals surface area contributed by atoms with Gasteiger partial charge < -0.3 is 10.2 Å². The van der Waals surface area contributed by atoms with Gasteiger partial charge in [0.15, 0.2) is 0 Å². The molecule has 1 saturated heterocycles. The number of carbonyl (C=O) groups excluding carboxylic acids is 2. The number of rotatable bonds is 4. The van der Waals surface area contributed by atoms with Crippen molar-refractivity contribution in [2.75, 3.05) is 6.54 Å². The maximum absolute atomic E-state index is 12.9. The summed E-state index contributed by atoms with van der Waals surface area (Å²) in [7, 11) is 0. The lowest BCUT2D eigenvalue weighted by Gasteiger charge is -2.24. The van der Waals surface area contributed by atoms with Crippen LogP contribution in [0, 0.1) is 11.7 Å². The smallest absolute Gasteiger partial charge is 0.225 e. The van der Waals surface area contributed by atoms with E-state index in [2.05, 4.69) is 5.32 Å². The van der Waals surface area contributed by atoms with Crippen LogP contribution in [0.3, 0.4) is 0 Å². The highest BCUT2D eigenvalue weighted by molar-refractivity contribution is 5.89. The maximum Gasteiger partial charge on any atom is 0.225 e. The van der Waals surface area contributed by atoms with E-state index in [-0.39, 0.29) is 36.0 Å². The molecule has 1 aliphatic heterocycles. The van der Waals surface area contributed by atoms with Gasteiger partial charge in [-0.3, -0.25) is 9.59 Å². The summed E-state index contributed by atoms with van der Waals surface area (Å²) in [5.41, 5.74) is 0.882.